The lowest BCUT2D eigenvalue weighted by molar-refractivity contribution is -0.914. The van der Waals surface area contributed by atoms with Gasteiger partial charge in [-0.2, -0.15) is 0 Å². The van der Waals surface area contributed by atoms with Crippen molar-refractivity contribution in [2.75, 3.05) is 31.1 Å². The van der Waals surface area contributed by atoms with Crippen LogP contribution in [0.2, 0.25) is 0 Å². The highest BCUT2D eigenvalue weighted by Crippen LogP contribution is 2.06. The molecular weight excluding hydrogens is 276 g/mol. The number of aromatic amines is 1. The Morgan fingerprint density at radius 2 is 1.95 bits per heavy atom. The van der Waals surface area contributed by atoms with Gasteiger partial charge in [-0.25, -0.2) is 4.98 Å². The number of piperazine rings is 1. The number of hydrogen-bond donors (Lipinski definition) is 2. The molecule has 0 amide bonds. The van der Waals surface area contributed by atoms with E-state index in [0.29, 0.717) is 0 Å². The van der Waals surface area contributed by atoms with Crippen molar-refractivity contribution in [3.8, 4) is 0 Å². The summed E-state index contributed by atoms with van der Waals surface area (Å²) >= 11 is 0. The average Bonchev–Trinajstić information content (AvgIpc) is 2.56. The van der Waals surface area contributed by atoms with Crippen LogP contribution in [0.4, 0.5) is 5.95 Å². The summed E-state index contributed by atoms with van der Waals surface area (Å²) in [5.74, 6) is 0.725. The quantitative estimate of drug-likeness (QED) is 0.850. The molecule has 2 aromatic rings. The molecule has 0 spiro atoms. The van der Waals surface area contributed by atoms with Crippen LogP contribution in [-0.2, 0) is 13.0 Å². The largest absolute Gasteiger partial charge is 0.331 e. The summed E-state index contributed by atoms with van der Waals surface area (Å²) in [7, 11) is 0. The molecule has 116 valence electrons. The summed E-state index contributed by atoms with van der Waals surface area (Å²) in [4.78, 5) is 22.9. The van der Waals surface area contributed by atoms with Gasteiger partial charge < -0.3 is 9.80 Å². The maximum Gasteiger partial charge on any atom is 0.252 e. The van der Waals surface area contributed by atoms with Gasteiger partial charge in [-0.3, -0.25) is 9.78 Å². The topological polar surface area (TPSA) is 53.4 Å². The summed E-state index contributed by atoms with van der Waals surface area (Å²) in [6, 6.07) is 12.2. The first kappa shape index (κ1) is 14.8. The van der Waals surface area contributed by atoms with E-state index in [1.807, 2.05) is 6.92 Å². The molecule has 1 aromatic carbocycles. The fourth-order valence-electron chi connectivity index (χ4n) is 2.92. The van der Waals surface area contributed by atoms with Gasteiger partial charge in [0.1, 0.15) is 6.54 Å². The Hall–Kier alpha value is -2.14. The molecule has 1 aliphatic heterocycles. The van der Waals surface area contributed by atoms with Gasteiger partial charge in [0.2, 0.25) is 5.95 Å². The molecule has 5 nitrogen and oxygen atoms in total. The van der Waals surface area contributed by atoms with Crippen LogP contribution in [-0.4, -0.2) is 36.1 Å². The number of nitrogens with zero attached hydrogens (tertiary/aromatic N) is 2. The molecule has 0 atom stereocenters. The molecule has 0 bridgehead atoms. The monoisotopic (exact) mass is 299 g/mol. The summed E-state index contributed by atoms with van der Waals surface area (Å²) in [5, 5.41) is 0. The van der Waals surface area contributed by atoms with Gasteiger partial charge in [0, 0.05) is 17.3 Å². The molecule has 0 aliphatic carbocycles. The van der Waals surface area contributed by atoms with Crippen LogP contribution in [0.1, 0.15) is 18.2 Å². The highest BCUT2D eigenvalue weighted by Gasteiger charge is 2.21. The lowest BCUT2D eigenvalue weighted by atomic mass is 10.2. The van der Waals surface area contributed by atoms with E-state index in [1.54, 1.807) is 11.0 Å². The minimum absolute atomic E-state index is 0.0547. The zero-order chi connectivity index (χ0) is 15.4. The summed E-state index contributed by atoms with van der Waals surface area (Å²) < 4.78 is 0. The van der Waals surface area contributed by atoms with Crippen molar-refractivity contribution in [1.82, 2.24) is 9.97 Å². The first-order valence-corrected chi connectivity index (χ1v) is 7.97. The third-order valence-electron chi connectivity index (χ3n) is 4.21. The van der Waals surface area contributed by atoms with E-state index in [4.69, 9.17) is 0 Å². The summed E-state index contributed by atoms with van der Waals surface area (Å²) in [6.07, 6.45) is 0.788. The van der Waals surface area contributed by atoms with Crippen molar-refractivity contribution in [2.45, 2.75) is 19.9 Å². The predicted octanol–water partition coefficient (Wildman–Crippen LogP) is 0.237. The van der Waals surface area contributed by atoms with Crippen LogP contribution in [0, 0.1) is 0 Å². The second-order valence-corrected chi connectivity index (χ2v) is 5.81. The standard InChI is InChI=1S/C17H22N4O/c1-2-15-12-16(22)19-17(18-15)21-10-8-20(9-11-21)13-14-6-4-3-5-7-14/h3-7,12H,2,8-11,13H2,1H3,(H,18,19,22)/p+1. The maximum absolute atomic E-state index is 11.7. The van der Waals surface area contributed by atoms with Crippen molar-refractivity contribution >= 4 is 5.95 Å². The number of nitrogens with one attached hydrogen (secondary N) is 2. The molecule has 2 heterocycles. The number of aromatic nitrogens is 2. The average molecular weight is 299 g/mol. The van der Waals surface area contributed by atoms with Crippen LogP contribution in [0.5, 0.6) is 0 Å². The predicted molar refractivity (Wildman–Crippen MR) is 87.3 cm³/mol. The Bertz CT molecular complexity index is 660. The second-order valence-electron chi connectivity index (χ2n) is 5.81. The fourth-order valence-corrected chi connectivity index (χ4v) is 2.92. The van der Waals surface area contributed by atoms with Crippen molar-refractivity contribution in [3.05, 3.63) is 58.0 Å². The molecule has 5 heteroatoms. The lowest BCUT2D eigenvalue weighted by Gasteiger charge is -2.32. The van der Waals surface area contributed by atoms with E-state index < -0.39 is 0 Å². The lowest BCUT2D eigenvalue weighted by Crippen LogP contribution is -3.13. The van der Waals surface area contributed by atoms with Crippen LogP contribution in [0.15, 0.2) is 41.2 Å². The van der Waals surface area contributed by atoms with Crippen LogP contribution >= 0.6 is 0 Å². The van der Waals surface area contributed by atoms with E-state index in [-0.39, 0.29) is 5.56 Å². The minimum atomic E-state index is -0.0547. The van der Waals surface area contributed by atoms with Gasteiger partial charge in [0.15, 0.2) is 0 Å². The summed E-state index contributed by atoms with van der Waals surface area (Å²) in [6.45, 7) is 7.07. The third kappa shape index (κ3) is 3.54. The molecule has 2 N–H and O–H groups in total. The Balaban J connectivity index is 1.62. The Morgan fingerprint density at radius 3 is 2.64 bits per heavy atom. The van der Waals surface area contributed by atoms with Crippen molar-refractivity contribution in [1.29, 1.82) is 0 Å². The van der Waals surface area contributed by atoms with Gasteiger partial charge in [0.05, 0.1) is 26.2 Å². The van der Waals surface area contributed by atoms with Gasteiger partial charge in [-0.05, 0) is 6.42 Å². The minimum Gasteiger partial charge on any atom is -0.331 e. The molecule has 1 saturated heterocycles. The molecule has 1 fully saturated rings. The van der Waals surface area contributed by atoms with Crippen LogP contribution in [0.25, 0.3) is 0 Å². The van der Waals surface area contributed by atoms with Gasteiger partial charge >= 0.3 is 0 Å². The van der Waals surface area contributed by atoms with Gasteiger partial charge in [-0.15, -0.1) is 0 Å². The van der Waals surface area contributed by atoms with E-state index in [9.17, 15) is 4.79 Å². The SMILES string of the molecule is CCc1cc(=O)[nH]c(N2CC[NH+](Cc3ccccc3)CC2)n1. The smallest absolute Gasteiger partial charge is 0.252 e. The first-order valence-electron chi connectivity index (χ1n) is 7.97. The molecule has 0 radical (unpaired) electrons. The Kier molecular flexibility index (Phi) is 4.53. The molecule has 0 unspecified atom stereocenters. The highest BCUT2D eigenvalue weighted by molar-refractivity contribution is 5.30. The molecular formula is C17H23N4O+. The van der Waals surface area contributed by atoms with Crippen LogP contribution in [0.3, 0.4) is 0 Å². The number of benzene rings is 1. The second kappa shape index (κ2) is 6.75. The zero-order valence-electron chi connectivity index (χ0n) is 13.0. The Labute approximate surface area is 130 Å². The molecule has 1 aliphatic rings. The van der Waals surface area contributed by atoms with E-state index in [1.165, 1.54) is 5.56 Å². The molecule has 22 heavy (non-hydrogen) atoms. The number of rotatable bonds is 4. The van der Waals surface area contributed by atoms with Gasteiger partial charge in [0.25, 0.3) is 5.56 Å². The number of hydrogen-bond acceptors (Lipinski definition) is 3. The van der Waals surface area contributed by atoms with Gasteiger partial charge in [-0.1, -0.05) is 37.3 Å². The van der Waals surface area contributed by atoms with Crippen molar-refractivity contribution in [2.24, 2.45) is 0 Å². The normalized spacial score (nSPS) is 16.0. The van der Waals surface area contributed by atoms with E-state index in [0.717, 1.165) is 50.8 Å². The zero-order valence-corrected chi connectivity index (χ0v) is 13.0. The molecule has 1 aromatic heterocycles. The third-order valence-corrected chi connectivity index (χ3v) is 4.21. The molecule has 0 saturated carbocycles. The number of quaternary nitrogens is 1. The van der Waals surface area contributed by atoms with Crippen LogP contribution < -0.4 is 15.4 Å². The number of aryl methyl sites for hydroxylation is 1. The fraction of sp³-hybridized carbons (Fsp3) is 0.412. The van der Waals surface area contributed by atoms with E-state index >= 15 is 0 Å². The van der Waals surface area contributed by atoms with E-state index in [2.05, 4.69) is 45.2 Å². The van der Waals surface area contributed by atoms with Crippen molar-refractivity contribution in [3.63, 3.8) is 0 Å². The molecule has 3 rings (SSSR count). The number of H-pyrrole nitrogens is 1. The van der Waals surface area contributed by atoms with Crippen molar-refractivity contribution < 1.29 is 4.90 Å². The summed E-state index contributed by atoms with van der Waals surface area (Å²) in [5.41, 5.74) is 2.18. The number of anilines is 1. The first-order chi connectivity index (χ1) is 10.7. The maximum atomic E-state index is 11.7. The highest BCUT2D eigenvalue weighted by atomic mass is 16.1. The Morgan fingerprint density at radius 1 is 1.23 bits per heavy atom.